The van der Waals surface area contributed by atoms with Crippen LogP contribution in [0.2, 0.25) is 0 Å². The van der Waals surface area contributed by atoms with Gasteiger partial charge in [-0.2, -0.15) is 16.8 Å². The van der Waals surface area contributed by atoms with Crippen molar-refractivity contribution in [3.8, 4) is 0 Å². The van der Waals surface area contributed by atoms with Crippen molar-refractivity contribution in [2.45, 2.75) is 0 Å². The maximum Gasteiger partial charge on any atom is 0.394 e. The summed E-state index contributed by atoms with van der Waals surface area (Å²) in [4.78, 5) is 4.18. The first-order chi connectivity index (χ1) is 8.97. The van der Waals surface area contributed by atoms with E-state index in [2.05, 4.69) is 17.1 Å². The Labute approximate surface area is 115 Å². The Balaban J connectivity index is 0.000000310. The Kier molecular flexibility index (Phi) is 7.20. The van der Waals surface area contributed by atoms with Crippen molar-refractivity contribution in [3.05, 3.63) is 42.6 Å². The SMILES string of the molecule is O=S(=O)(O)O.O=S(=O)(O)O.c1ccc2ncccc2c1. The van der Waals surface area contributed by atoms with Gasteiger partial charge in [-0.15, -0.1) is 0 Å². The van der Waals surface area contributed by atoms with E-state index in [1.54, 1.807) is 0 Å². The minimum absolute atomic E-state index is 1.06. The molecule has 0 saturated carbocycles. The van der Waals surface area contributed by atoms with Crippen molar-refractivity contribution in [1.82, 2.24) is 4.98 Å². The van der Waals surface area contributed by atoms with E-state index in [0.717, 1.165) is 5.52 Å². The van der Waals surface area contributed by atoms with Crippen molar-refractivity contribution in [2.24, 2.45) is 0 Å². The van der Waals surface area contributed by atoms with Crippen LogP contribution in [-0.4, -0.2) is 40.0 Å². The Morgan fingerprint density at radius 3 is 1.60 bits per heavy atom. The smallest absolute Gasteiger partial charge is 0.264 e. The fraction of sp³-hybridized carbons (Fsp3) is 0. The third kappa shape index (κ3) is 14.4. The quantitative estimate of drug-likeness (QED) is 0.516. The molecule has 2 rings (SSSR count). The highest BCUT2D eigenvalue weighted by molar-refractivity contribution is 7.80. The van der Waals surface area contributed by atoms with Crippen molar-refractivity contribution in [2.75, 3.05) is 0 Å². The third-order valence-corrected chi connectivity index (χ3v) is 1.51. The number of fused-ring (bicyclic) bond motifs is 1. The zero-order chi connectivity index (χ0) is 15.8. The molecule has 0 spiro atoms. The van der Waals surface area contributed by atoms with Gasteiger partial charge in [0.2, 0.25) is 0 Å². The molecule has 0 bridgehead atoms. The molecule has 11 heteroatoms. The van der Waals surface area contributed by atoms with E-state index in [0.29, 0.717) is 0 Å². The van der Waals surface area contributed by atoms with Gasteiger partial charge in [0.25, 0.3) is 0 Å². The molecule has 0 atom stereocenters. The van der Waals surface area contributed by atoms with Gasteiger partial charge in [0, 0.05) is 11.6 Å². The van der Waals surface area contributed by atoms with E-state index in [-0.39, 0.29) is 0 Å². The molecule has 1 aromatic carbocycles. The lowest BCUT2D eigenvalue weighted by molar-refractivity contribution is 0.378. The molecule has 0 radical (unpaired) electrons. The molecular weight excluding hydrogens is 314 g/mol. The molecule has 0 fully saturated rings. The summed E-state index contributed by atoms with van der Waals surface area (Å²) in [7, 11) is -9.33. The van der Waals surface area contributed by atoms with Crippen LogP contribution in [0.1, 0.15) is 0 Å². The molecule has 1 aromatic heterocycles. The van der Waals surface area contributed by atoms with E-state index >= 15 is 0 Å². The molecule has 0 aliphatic carbocycles. The van der Waals surface area contributed by atoms with E-state index in [9.17, 15) is 0 Å². The van der Waals surface area contributed by atoms with E-state index in [4.69, 9.17) is 35.0 Å². The Morgan fingerprint density at radius 2 is 1.15 bits per heavy atom. The van der Waals surface area contributed by atoms with Crippen LogP contribution in [0, 0.1) is 0 Å². The summed E-state index contributed by atoms with van der Waals surface area (Å²) in [5.74, 6) is 0. The number of hydrogen-bond donors (Lipinski definition) is 4. The highest BCUT2D eigenvalue weighted by Crippen LogP contribution is 2.07. The van der Waals surface area contributed by atoms with Gasteiger partial charge < -0.3 is 0 Å². The zero-order valence-corrected chi connectivity index (χ0v) is 11.4. The number of pyridine rings is 1. The van der Waals surface area contributed by atoms with Gasteiger partial charge >= 0.3 is 20.8 Å². The summed E-state index contributed by atoms with van der Waals surface area (Å²) in [6.07, 6.45) is 1.81. The van der Waals surface area contributed by atoms with Crippen LogP contribution < -0.4 is 0 Å². The van der Waals surface area contributed by atoms with Gasteiger partial charge in [-0.25, -0.2) is 0 Å². The van der Waals surface area contributed by atoms with Crippen LogP contribution in [0.15, 0.2) is 42.6 Å². The van der Waals surface area contributed by atoms with Gasteiger partial charge in [0.1, 0.15) is 0 Å². The number of hydrogen-bond acceptors (Lipinski definition) is 5. The number of nitrogens with zero attached hydrogens (tertiary/aromatic N) is 1. The minimum Gasteiger partial charge on any atom is -0.264 e. The van der Waals surface area contributed by atoms with Gasteiger partial charge in [0.05, 0.1) is 5.52 Å². The predicted octanol–water partition coefficient (Wildman–Crippen LogP) is 0.929. The topological polar surface area (TPSA) is 162 Å². The minimum atomic E-state index is -4.67. The lowest BCUT2D eigenvalue weighted by Gasteiger charge is -1.91. The van der Waals surface area contributed by atoms with Crippen molar-refractivity contribution in [3.63, 3.8) is 0 Å². The summed E-state index contributed by atoms with van der Waals surface area (Å²) < 4.78 is 63.2. The molecule has 0 aliphatic heterocycles. The highest BCUT2D eigenvalue weighted by atomic mass is 32.3. The van der Waals surface area contributed by atoms with E-state index < -0.39 is 20.8 Å². The normalized spacial score (nSPS) is 10.8. The largest absolute Gasteiger partial charge is 0.394 e. The molecule has 1 heterocycles. The van der Waals surface area contributed by atoms with Crippen molar-refractivity contribution >= 4 is 31.7 Å². The average Bonchev–Trinajstić information content (AvgIpc) is 2.25. The number of benzene rings is 1. The lowest BCUT2D eigenvalue weighted by Crippen LogP contribution is -1.89. The molecule has 4 N–H and O–H groups in total. The van der Waals surface area contributed by atoms with Crippen LogP contribution in [0.25, 0.3) is 10.9 Å². The maximum atomic E-state index is 8.74. The monoisotopic (exact) mass is 325 g/mol. The molecule has 0 saturated heterocycles. The maximum absolute atomic E-state index is 8.74. The van der Waals surface area contributed by atoms with Crippen LogP contribution >= 0.6 is 0 Å². The molecule has 9 nitrogen and oxygen atoms in total. The molecule has 20 heavy (non-hydrogen) atoms. The van der Waals surface area contributed by atoms with E-state index in [1.165, 1.54) is 5.39 Å². The highest BCUT2D eigenvalue weighted by Gasteiger charge is 1.87. The van der Waals surface area contributed by atoms with Gasteiger partial charge in [0.15, 0.2) is 0 Å². The van der Waals surface area contributed by atoms with Crippen LogP contribution in [0.5, 0.6) is 0 Å². The van der Waals surface area contributed by atoms with Gasteiger partial charge in [-0.3, -0.25) is 23.2 Å². The fourth-order valence-electron chi connectivity index (χ4n) is 1.02. The first-order valence-corrected chi connectivity index (χ1v) is 7.46. The molecule has 0 unspecified atom stereocenters. The molecule has 2 aromatic rings. The second-order valence-corrected chi connectivity index (χ2v) is 4.88. The number of para-hydroxylation sites is 1. The van der Waals surface area contributed by atoms with Crippen molar-refractivity contribution in [1.29, 1.82) is 0 Å². The third-order valence-electron chi connectivity index (χ3n) is 1.51. The Hall–Kier alpha value is -1.63. The second kappa shape index (κ2) is 7.84. The molecule has 112 valence electrons. The van der Waals surface area contributed by atoms with Crippen LogP contribution in [-0.2, 0) is 20.8 Å². The Bertz CT molecular complexity index is 630. The zero-order valence-electron chi connectivity index (χ0n) is 9.73. The summed E-state index contributed by atoms with van der Waals surface area (Å²) in [5, 5.41) is 1.20. The predicted molar refractivity (Wildman–Crippen MR) is 70.1 cm³/mol. The average molecular weight is 325 g/mol. The van der Waals surface area contributed by atoms with Gasteiger partial charge in [-0.05, 0) is 12.1 Å². The Morgan fingerprint density at radius 1 is 0.750 bits per heavy atom. The number of aromatic nitrogens is 1. The van der Waals surface area contributed by atoms with Crippen molar-refractivity contribution < 1.29 is 35.0 Å². The molecule has 0 amide bonds. The summed E-state index contributed by atoms with van der Waals surface area (Å²) in [5.41, 5.74) is 1.06. The molecule has 0 aliphatic rings. The first kappa shape index (κ1) is 18.4. The first-order valence-electron chi connectivity index (χ1n) is 4.66. The van der Waals surface area contributed by atoms with Gasteiger partial charge in [-0.1, -0.05) is 24.3 Å². The van der Waals surface area contributed by atoms with Crippen LogP contribution in [0.4, 0.5) is 0 Å². The second-order valence-electron chi connectivity index (χ2n) is 3.09. The standard InChI is InChI=1S/C9H7N.2H2O4S/c1-2-6-9-8(4-1)5-3-7-10-9;2*1-5(2,3)4/h1-7H;2*(H2,1,2,3,4). The van der Waals surface area contributed by atoms with E-state index in [1.807, 2.05) is 30.5 Å². The lowest BCUT2D eigenvalue weighted by atomic mass is 10.2. The molecular formula is C9H11NO8S2. The summed E-state index contributed by atoms with van der Waals surface area (Å²) >= 11 is 0. The summed E-state index contributed by atoms with van der Waals surface area (Å²) in [6, 6.07) is 12.1. The fourth-order valence-corrected chi connectivity index (χ4v) is 1.02. The van der Waals surface area contributed by atoms with Crippen LogP contribution in [0.3, 0.4) is 0 Å². The summed E-state index contributed by atoms with van der Waals surface area (Å²) in [6.45, 7) is 0. The number of rotatable bonds is 0.